The zero-order valence-electron chi connectivity index (χ0n) is 17.9. The molecule has 6 nitrogen and oxygen atoms in total. The van der Waals surface area contributed by atoms with Crippen LogP contribution in [0.15, 0.2) is 83.8 Å². The molecular formula is C25H26N2O4. The number of pyridine rings is 1. The van der Waals surface area contributed by atoms with Crippen molar-refractivity contribution in [3.63, 3.8) is 0 Å². The van der Waals surface area contributed by atoms with Crippen LogP contribution in [0.3, 0.4) is 0 Å². The van der Waals surface area contributed by atoms with Crippen LogP contribution in [0, 0.1) is 0 Å². The van der Waals surface area contributed by atoms with Gasteiger partial charge in [-0.25, -0.2) is 4.79 Å². The molecule has 1 atom stereocenters. The number of rotatable bonds is 6. The van der Waals surface area contributed by atoms with Crippen LogP contribution in [0.4, 0.5) is 5.69 Å². The molecule has 0 spiro atoms. The molecule has 1 heterocycles. The number of benzene rings is 2. The fourth-order valence-electron chi connectivity index (χ4n) is 3.14. The fourth-order valence-corrected chi connectivity index (χ4v) is 3.14. The van der Waals surface area contributed by atoms with Crippen LogP contribution in [0.1, 0.15) is 42.7 Å². The molecule has 0 aliphatic rings. The Morgan fingerprint density at radius 3 is 2.16 bits per heavy atom. The first-order valence-electron chi connectivity index (χ1n) is 10.1. The molecule has 1 N–H and O–H groups in total. The summed E-state index contributed by atoms with van der Waals surface area (Å²) in [6.07, 6.45) is 1.82. The van der Waals surface area contributed by atoms with E-state index in [1.807, 2.05) is 30.3 Å². The number of hydrogen-bond acceptors (Lipinski definition) is 4. The molecule has 3 rings (SSSR count). The molecule has 0 bridgehead atoms. The van der Waals surface area contributed by atoms with Gasteiger partial charge >= 0.3 is 5.97 Å². The SMILES string of the molecule is CC(C)(C)OC(=O)[C@H](Cc1ccccc1)n1cccc(NC(=O)c2ccccc2)c1=O. The Hall–Kier alpha value is -3.67. The molecule has 31 heavy (non-hydrogen) atoms. The quantitative estimate of drug-likeness (QED) is 0.608. The molecule has 0 saturated heterocycles. The predicted octanol–water partition coefficient (Wildman–Crippen LogP) is 4.23. The topological polar surface area (TPSA) is 77.4 Å². The number of aromatic nitrogens is 1. The van der Waals surface area contributed by atoms with Crippen LogP contribution in [0.25, 0.3) is 0 Å². The lowest BCUT2D eigenvalue weighted by Gasteiger charge is -2.25. The van der Waals surface area contributed by atoms with Gasteiger partial charge in [0.15, 0.2) is 0 Å². The second kappa shape index (κ2) is 9.43. The van der Waals surface area contributed by atoms with Crippen molar-refractivity contribution in [1.29, 1.82) is 0 Å². The number of hydrogen-bond donors (Lipinski definition) is 1. The van der Waals surface area contributed by atoms with E-state index in [0.29, 0.717) is 5.56 Å². The third-order valence-electron chi connectivity index (χ3n) is 4.55. The van der Waals surface area contributed by atoms with Crippen molar-refractivity contribution in [3.8, 4) is 0 Å². The zero-order valence-corrected chi connectivity index (χ0v) is 17.9. The summed E-state index contributed by atoms with van der Waals surface area (Å²) < 4.78 is 6.91. The summed E-state index contributed by atoms with van der Waals surface area (Å²) in [5, 5.41) is 2.65. The van der Waals surface area contributed by atoms with Crippen LogP contribution >= 0.6 is 0 Å². The minimum Gasteiger partial charge on any atom is -0.458 e. The fraction of sp³-hybridized carbons (Fsp3) is 0.240. The first-order valence-corrected chi connectivity index (χ1v) is 10.1. The van der Waals surface area contributed by atoms with E-state index in [1.165, 1.54) is 16.8 Å². The average Bonchev–Trinajstić information content (AvgIpc) is 2.74. The molecule has 0 aliphatic heterocycles. The van der Waals surface area contributed by atoms with Gasteiger partial charge in [0.25, 0.3) is 11.5 Å². The highest BCUT2D eigenvalue weighted by atomic mass is 16.6. The Labute approximate surface area is 181 Å². The lowest BCUT2D eigenvalue weighted by Crippen LogP contribution is -2.37. The number of amides is 1. The smallest absolute Gasteiger partial charge is 0.330 e. The van der Waals surface area contributed by atoms with Gasteiger partial charge in [0.2, 0.25) is 0 Å². The molecule has 2 aromatic carbocycles. The van der Waals surface area contributed by atoms with Crippen LogP contribution in [0.2, 0.25) is 0 Å². The number of anilines is 1. The molecule has 3 aromatic rings. The third kappa shape index (κ3) is 5.92. The van der Waals surface area contributed by atoms with E-state index >= 15 is 0 Å². The van der Waals surface area contributed by atoms with Crippen LogP contribution in [0.5, 0.6) is 0 Å². The van der Waals surface area contributed by atoms with Gasteiger partial charge in [0.05, 0.1) is 0 Å². The van der Waals surface area contributed by atoms with E-state index in [-0.39, 0.29) is 12.1 Å². The van der Waals surface area contributed by atoms with Crippen molar-refractivity contribution >= 4 is 17.6 Å². The summed E-state index contributed by atoms with van der Waals surface area (Å²) in [5.41, 5.74) is 0.250. The highest BCUT2D eigenvalue weighted by Gasteiger charge is 2.28. The van der Waals surface area contributed by atoms with Gasteiger partial charge in [0, 0.05) is 18.2 Å². The number of esters is 1. The van der Waals surface area contributed by atoms with E-state index in [9.17, 15) is 14.4 Å². The largest absolute Gasteiger partial charge is 0.458 e. The van der Waals surface area contributed by atoms with Crippen molar-refractivity contribution in [2.75, 3.05) is 5.32 Å². The van der Waals surface area contributed by atoms with Crippen molar-refractivity contribution < 1.29 is 14.3 Å². The summed E-state index contributed by atoms with van der Waals surface area (Å²) in [6, 6.07) is 20.3. The Balaban J connectivity index is 1.95. The van der Waals surface area contributed by atoms with Gasteiger partial charge in [-0.1, -0.05) is 48.5 Å². The summed E-state index contributed by atoms with van der Waals surface area (Å²) in [5.74, 6) is -0.905. The van der Waals surface area contributed by atoms with Crippen LogP contribution in [-0.4, -0.2) is 22.0 Å². The second-order valence-corrected chi connectivity index (χ2v) is 8.19. The maximum Gasteiger partial charge on any atom is 0.330 e. The number of nitrogens with one attached hydrogen (secondary N) is 1. The zero-order chi connectivity index (χ0) is 22.4. The normalized spacial score (nSPS) is 12.1. The van der Waals surface area contributed by atoms with Crippen molar-refractivity contribution in [3.05, 3.63) is 100 Å². The number of nitrogens with zero attached hydrogens (tertiary/aromatic N) is 1. The first kappa shape index (κ1) is 22.0. The van der Waals surface area contributed by atoms with E-state index < -0.39 is 29.1 Å². The van der Waals surface area contributed by atoms with Gasteiger partial charge in [-0.2, -0.15) is 0 Å². The second-order valence-electron chi connectivity index (χ2n) is 8.19. The third-order valence-corrected chi connectivity index (χ3v) is 4.55. The molecule has 0 radical (unpaired) electrons. The number of carbonyl (C=O) groups is 2. The standard InChI is InChI=1S/C25H26N2O4/c1-25(2,3)31-24(30)21(17-18-11-6-4-7-12-18)27-16-10-15-20(23(27)29)26-22(28)19-13-8-5-9-14-19/h4-16,21H,17H2,1-3H3,(H,26,28)/t21-/m0/s1. The molecule has 1 aromatic heterocycles. The highest BCUT2D eigenvalue weighted by Crippen LogP contribution is 2.19. The van der Waals surface area contributed by atoms with Crippen LogP contribution < -0.4 is 10.9 Å². The number of carbonyl (C=O) groups excluding carboxylic acids is 2. The molecule has 6 heteroatoms. The Bertz CT molecular complexity index is 1100. The summed E-state index contributed by atoms with van der Waals surface area (Å²) in [7, 11) is 0. The van der Waals surface area contributed by atoms with Crippen molar-refractivity contribution in [2.45, 2.75) is 38.8 Å². The molecule has 0 aliphatic carbocycles. The Morgan fingerprint density at radius 2 is 1.55 bits per heavy atom. The number of ether oxygens (including phenoxy) is 1. The molecule has 160 valence electrons. The summed E-state index contributed by atoms with van der Waals surface area (Å²) >= 11 is 0. The van der Waals surface area contributed by atoms with E-state index in [1.54, 1.807) is 57.2 Å². The minimum atomic E-state index is -0.872. The lowest BCUT2D eigenvalue weighted by molar-refractivity contribution is -0.159. The predicted molar refractivity (Wildman–Crippen MR) is 120 cm³/mol. The van der Waals surface area contributed by atoms with Gasteiger partial charge in [-0.05, 0) is 50.6 Å². The summed E-state index contributed by atoms with van der Waals surface area (Å²) in [6.45, 7) is 5.34. The highest BCUT2D eigenvalue weighted by molar-refractivity contribution is 6.04. The monoisotopic (exact) mass is 418 g/mol. The van der Waals surface area contributed by atoms with Crippen LogP contribution in [-0.2, 0) is 16.0 Å². The van der Waals surface area contributed by atoms with E-state index in [0.717, 1.165) is 5.56 Å². The van der Waals surface area contributed by atoms with Gasteiger partial charge in [-0.15, -0.1) is 0 Å². The molecular weight excluding hydrogens is 392 g/mol. The van der Waals surface area contributed by atoms with E-state index in [2.05, 4.69) is 5.32 Å². The van der Waals surface area contributed by atoms with E-state index in [4.69, 9.17) is 4.74 Å². The average molecular weight is 418 g/mol. The van der Waals surface area contributed by atoms with Gasteiger partial charge in [0.1, 0.15) is 17.3 Å². The van der Waals surface area contributed by atoms with Gasteiger partial charge in [-0.3, -0.25) is 14.2 Å². The van der Waals surface area contributed by atoms with Crippen molar-refractivity contribution in [1.82, 2.24) is 4.57 Å². The molecule has 0 saturated carbocycles. The molecule has 0 unspecified atom stereocenters. The minimum absolute atomic E-state index is 0.0953. The molecule has 1 amide bonds. The Kier molecular flexibility index (Phi) is 6.70. The Morgan fingerprint density at radius 1 is 0.935 bits per heavy atom. The van der Waals surface area contributed by atoms with Crippen molar-refractivity contribution in [2.24, 2.45) is 0 Å². The van der Waals surface area contributed by atoms with Gasteiger partial charge < -0.3 is 10.1 Å². The maximum atomic E-state index is 13.2. The molecule has 0 fully saturated rings. The first-order chi connectivity index (χ1) is 14.7. The maximum absolute atomic E-state index is 13.2. The summed E-state index contributed by atoms with van der Waals surface area (Å²) in [4.78, 5) is 38.7. The lowest BCUT2D eigenvalue weighted by atomic mass is 10.0.